The molecule has 0 saturated carbocycles. The van der Waals surface area contributed by atoms with E-state index in [2.05, 4.69) is 6.07 Å². The lowest BCUT2D eigenvalue weighted by molar-refractivity contribution is 0.0154. The molecule has 2 rings (SSSR count). The Morgan fingerprint density at radius 2 is 2.00 bits per heavy atom. The molecule has 0 fully saturated rings. The van der Waals surface area contributed by atoms with Crippen LogP contribution in [-0.2, 0) is 0 Å². The minimum Gasteiger partial charge on any atom is -0.396 e. The molecule has 0 radical (unpaired) electrons. The predicted molar refractivity (Wildman–Crippen MR) is 66.1 cm³/mol. The Bertz CT molecular complexity index is 359. The first-order valence-electron chi connectivity index (χ1n) is 5.54. The Kier molecular flexibility index (Phi) is 3.86. The zero-order chi connectivity index (χ0) is 11.5. The molecule has 1 aromatic carbocycles. The van der Waals surface area contributed by atoms with E-state index in [1.807, 2.05) is 30.0 Å². The summed E-state index contributed by atoms with van der Waals surface area (Å²) in [6.07, 6.45) is -0.502. The van der Waals surface area contributed by atoms with Gasteiger partial charge in [0.15, 0.2) is 0 Å². The lowest BCUT2D eigenvalue weighted by atomic mass is 10.1. The highest BCUT2D eigenvalue weighted by Gasteiger charge is 2.35. The molecule has 1 aromatic rings. The van der Waals surface area contributed by atoms with E-state index in [0.29, 0.717) is 5.75 Å². The van der Waals surface area contributed by atoms with E-state index >= 15 is 0 Å². The lowest BCUT2D eigenvalue weighted by Crippen LogP contribution is -2.24. The molecule has 0 amide bonds. The lowest BCUT2D eigenvalue weighted by Gasteiger charge is -2.25. The van der Waals surface area contributed by atoms with Crippen LogP contribution in [0.3, 0.4) is 0 Å². The number of rotatable bonds is 4. The molecule has 0 aliphatic carbocycles. The van der Waals surface area contributed by atoms with E-state index < -0.39 is 6.23 Å². The second-order valence-corrected chi connectivity index (χ2v) is 4.97. The van der Waals surface area contributed by atoms with Gasteiger partial charge in [0.05, 0.1) is 12.0 Å². The third-order valence-electron chi connectivity index (χ3n) is 2.89. The Labute approximate surface area is 100 Å². The maximum absolute atomic E-state index is 10.2. The van der Waals surface area contributed by atoms with Crippen molar-refractivity contribution in [2.75, 3.05) is 18.9 Å². The number of nitrogens with zero attached hydrogens (tertiary/aromatic N) is 1. The van der Waals surface area contributed by atoms with Gasteiger partial charge >= 0.3 is 0 Å². The van der Waals surface area contributed by atoms with E-state index in [-0.39, 0.29) is 12.0 Å². The van der Waals surface area contributed by atoms with Gasteiger partial charge in [-0.3, -0.25) is 4.90 Å². The number of benzene rings is 1. The Morgan fingerprint density at radius 1 is 1.31 bits per heavy atom. The van der Waals surface area contributed by atoms with Gasteiger partial charge in [-0.2, -0.15) is 0 Å². The second kappa shape index (κ2) is 5.19. The van der Waals surface area contributed by atoms with E-state index in [9.17, 15) is 5.11 Å². The van der Waals surface area contributed by atoms with Gasteiger partial charge in [0.2, 0.25) is 0 Å². The van der Waals surface area contributed by atoms with Crippen LogP contribution in [0.1, 0.15) is 29.7 Å². The summed E-state index contributed by atoms with van der Waals surface area (Å²) in [5, 5.41) is 19.2. The van der Waals surface area contributed by atoms with Gasteiger partial charge < -0.3 is 10.2 Å². The highest BCUT2D eigenvalue weighted by Crippen LogP contribution is 2.45. The van der Waals surface area contributed by atoms with Gasteiger partial charge in [-0.05, 0) is 12.1 Å². The molecule has 4 heteroatoms. The number of hydrogen-bond acceptors (Lipinski definition) is 4. The summed E-state index contributed by atoms with van der Waals surface area (Å²) in [6, 6.07) is 7.98. The first kappa shape index (κ1) is 11.9. The van der Waals surface area contributed by atoms with Crippen molar-refractivity contribution in [3.63, 3.8) is 0 Å². The minimum absolute atomic E-state index is 0.170. The smallest absolute Gasteiger partial charge is 0.135 e. The van der Waals surface area contributed by atoms with Gasteiger partial charge in [0.25, 0.3) is 0 Å². The fraction of sp³-hybridized carbons (Fsp3) is 0.500. The first-order valence-corrected chi connectivity index (χ1v) is 6.59. The van der Waals surface area contributed by atoms with Crippen molar-refractivity contribution in [3.05, 3.63) is 35.4 Å². The molecule has 1 heterocycles. The quantitative estimate of drug-likeness (QED) is 0.840. The van der Waals surface area contributed by atoms with E-state index in [1.165, 1.54) is 5.56 Å². The first-order chi connectivity index (χ1) is 7.79. The number of aliphatic hydroxyl groups is 2. The summed E-state index contributed by atoms with van der Waals surface area (Å²) >= 11 is 1.68. The summed E-state index contributed by atoms with van der Waals surface area (Å²) in [6.45, 7) is 3.03. The predicted octanol–water partition coefficient (Wildman–Crippen LogP) is 1.74. The standard InChI is InChI=1S/C12H17NO2S/c1-2-13-11(15)9-5-3-4-6-10(9)12(13)16-8-7-14/h3-6,11-12,14-15H,2,7-8H2,1H3. The molecule has 0 bridgehead atoms. The van der Waals surface area contributed by atoms with Crippen molar-refractivity contribution in [2.45, 2.75) is 18.5 Å². The molecular weight excluding hydrogens is 222 g/mol. The second-order valence-electron chi connectivity index (χ2n) is 3.78. The van der Waals surface area contributed by atoms with Crippen LogP contribution in [0.5, 0.6) is 0 Å². The molecule has 0 spiro atoms. The Morgan fingerprint density at radius 3 is 2.62 bits per heavy atom. The van der Waals surface area contributed by atoms with Crippen LogP contribution < -0.4 is 0 Å². The maximum atomic E-state index is 10.2. The van der Waals surface area contributed by atoms with E-state index in [0.717, 1.165) is 12.1 Å². The molecule has 2 unspecified atom stereocenters. The van der Waals surface area contributed by atoms with Gasteiger partial charge in [-0.1, -0.05) is 31.2 Å². The van der Waals surface area contributed by atoms with Crippen LogP contribution in [-0.4, -0.2) is 34.0 Å². The molecule has 1 aliphatic rings. The molecule has 16 heavy (non-hydrogen) atoms. The summed E-state index contributed by atoms with van der Waals surface area (Å²) in [4.78, 5) is 2.05. The van der Waals surface area contributed by atoms with Crippen LogP contribution in [0.25, 0.3) is 0 Å². The summed E-state index contributed by atoms with van der Waals surface area (Å²) in [7, 11) is 0. The summed E-state index contributed by atoms with van der Waals surface area (Å²) in [5.74, 6) is 0.697. The minimum atomic E-state index is -0.502. The maximum Gasteiger partial charge on any atom is 0.135 e. The van der Waals surface area contributed by atoms with Crippen LogP contribution in [0.4, 0.5) is 0 Å². The number of thioether (sulfide) groups is 1. The molecule has 88 valence electrons. The number of fused-ring (bicyclic) bond motifs is 1. The Hall–Kier alpha value is -0.550. The normalized spacial score (nSPS) is 24.7. The highest BCUT2D eigenvalue weighted by molar-refractivity contribution is 7.99. The molecule has 2 atom stereocenters. The highest BCUT2D eigenvalue weighted by atomic mass is 32.2. The number of aliphatic hydroxyl groups excluding tert-OH is 2. The van der Waals surface area contributed by atoms with Crippen molar-refractivity contribution in [1.82, 2.24) is 4.90 Å². The molecule has 0 saturated heterocycles. The van der Waals surface area contributed by atoms with Gasteiger partial charge in [-0.15, -0.1) is 11.8 Å². The van der Waals surface area contributed by atoms with Crippen molar-refractivity contribution in [3.8, 4) is 0 Å². The Balaban J connectivity index is 2.27. The van der Waals surface area contributed by atoms with E-state index in [1.54, 1.807) is 11.8 Å². The third kappa shape index (κ3) is 1.98. The average Bonchev–Trinajstić information content (AvgIpc) is 2.60. The third-order valence-corrected chi connectivity index (χ3v) is 4.15. The average molecular weight is 239 g/mol. The molecule has 2 N–H and O–H groups in total. The van der Waals surface area contributed by atoms with Gasteiger partial charge in [0.1, 0.15) is 6.23 Å². The van der Waals surface area contributed by atoms with Crippen LogP contribution in [0, 0.1) is 0 Å². The molecule has 3 nitrogen and oxygen atoms in total. The summed E-state index contributed by atoms with van der Waals surface area (Å²) < 4.78 is 0. The SMILES string of the molecule is CCN1C(O)c2ccccc2C1SCCO. The van der Waals surface area contributed by atoms with Crippen LogP contribution >= 0.6 is 11.8 Å². The zero-order valence-corrected chi connectivity index (χ0v) is 10.2. The topological polar surface area (TPSA) is 43.7 Å². The van der Waals surface area contributed by atoms with E-state index in [4.69, 9.17) is 5.11 Å². The van der Waals surface area contributed by atoms with Crippen LogP contribution in [0.15, 0.2) is 24.3 Å². The molecule has 1 aliphatic heterocycles. The van der Waals surface area contributed by atoms with Crippen molar-refractivity contribution < 1.29 is 10.2 Å². The molecule has 0 aromatic heterocycles. The zero-order valence-electron chi connectivity index (χ0n) is 9.34. The van der Waals surface area contributed by atoms with Gasteiger partial charge in [0, 0.05) is 11.3 Å². The van der Waals surface area contributed by atoms with Crippen molar-refractivity contribution >= 4 is 11.8 Å². The largest absolute Gasteiger partial charge is 0.396 e. The summed E-state index contributed by atoms with van der Waals surface area (Å²) in [5.41, 5.74) is 2.18. The van der Waals surface area contributed by atoms with Crippen molar-refractivity contribution in [1.29, 1.82) is 0 Å². The monoisotopic (exact) mass is 239 g/mol. The van der Waals surface area contributed by atoms with Crippen LogP contribution in [0.2, 0.25) is 0 Å². The number of hydrogen-bond donors (Lipinski definition) is 2. The fourth-order valence-electron chi connectivity index (χ4n) is 2.15. The van der Waals surface area contributed by atoms with Crippen molar-refractivity contribution in [2.24, 2.45) is 0 Å². The molecular formula is C12H17NO2S. The van der Waals surface area contributed by atoms with Gasteiger partial charge in [-0.25, -0.2) is 0 Å². The fourth-order valence-corrected chi connectivity index (χ4v) is 3.32.